The average Bonchev–Trinajstić information content (AvgIpc) is 3.31. The quantitative estimate of drug-likeness (QED) is 0.391. The Balaban J connectivity index is 1.45. The second-order valence-corrected chi connectivity index (χ2v) is 8.82. The fraction of sp³-hybridized carbons (Fsp3) is 0.250. The Bertz CT molecular complexity index is 1360. The maximum absolute atomic E-state index is 4.63. The Morgan fingerprint density at radius 3 is 2.66 bits per heavy atom. The molecular weight excluding hydrogens is 434 g/mol. The van der Waals surface area contributed by atoms with Gasteiger partial charge in [-0.05, 0) is 67.2 Å². The maximum atomic E-state index is 4.63. The summed E-state index contributed by atoms with van der Waals surface area (Å²) in [5.74, 6) is 0.716. The normalized spacial score (nSPS) is 14.5. The van der Waals surface area contributed by atoms with Gasteiger partial charge >= 0.3 is 0 Å². The summed E-state index contributed by atoms with van der Waals surface area (Å²) >= 11 is 0. The standard InChI is InChI=1S/C28H31N7/c1-20(22-5-7-23(8-6-22)34-14-12-31-13-15-34)19-35-28(30-3)26(18-33-35)24-10-11-32-27-16-21(17-29-2)4-9-25(24)27/h4-11,16,18-19,29,31H,3,12-15,17H2,1-2H3/b20-19+. The van der Waals surface area contributed by atoms with Crippen LogP contribution in [0.5, 0.6) is 0 Å². The molecule has 0 radical (unpaired) electrons. The van der Waals surface area contributed by atoms with Gasteiger partial charge in [0.05, 0.1) is 11.7 Å². The lowest BCUT2D eigenvalue weighted by molar-refractivity contribution is 0.589. The first-order valence-electron chi connectivity index (χ1n) is 12.0. The zero-order valence-corrected chi connectivity index (χ0v) is 20.3. The molecule has 2 N–H and O–H groups in total. The van der Waals surface area contributed by atoms with Gasteiger partial charge in [-0.2, -0.15) is 5.10 Å². The van der Waals surface area contributed by atoms with Gasteiger partial charge in [-0.15, -0.1) is 0 Å². The molecular formula is C28H31N7. The Morgan fingerprint density at radius 1 is 1.11 bits per heavy atom. The molecule has 7 nitrogen and oxygen atoms in total. The summed E-state index contributed by atoms with van der Waals surface area (Å²) < 4.78 is 1.81. The van der Waals surface area contributed by atoms with Crippen LogP contribution in [0, 0.1) is 0 Å². The van der Waals surface area contributed by atoms with E-state index < -0.39 is 0 Å². The van der Waals surface area contributed by atoms with E-state index in [0.29, 0.717) is 5.82 Å². The lowest BCUT2D eigenvalue weighted by Crippen LogP contribution is -2.43. The predicted molar refractivity (Wildman–Crippen MR) is 146 cm³/mol. The van der Waals surface area contributed by atoms with Gasteiger partial charge in [0.2, 0.25) is 0 Å². The number of hydrogen-bond acceptors (Lipinski definition) is 6. The van der Waals surface area contributed by atoms with E-state index in [1.165, 1.54) is 11.3 Å². The summed E-state index contributed by atoms with van der Waals surface area (Å²) in [6.07, 6.45) is 5.71. The van der Waals surface area contributed by atoms with Gasteiger partial charge in [-0.25, -0.2) is 9.67 Å². The second-order valence-electron chi connectivity index (χ2n) is 8.82. The third kappa shape index (κ3) is 4.73. The summed E-state index contributed by atoms with van der Waals surface area (Å²) in [5, 5.41) is 12.3. The van der Waals surface area contributed by atoms with Crippen LogP contribution < -0.4 is 15.5 Å². The van der Waals surface area contributed by atoms with Crippen molar-refractivity contribution in [1.29, 1.82) is 0 Å². The van der Waals surface area contributed by atoms with Gasteiger partial charge in [-0.1, -0.05) is 24.3 Å². The van der Waals surface area contributed by atoms with E-state index in [4.69, 9.17) is 0 Å². The number of fused-ring (bicyclic) bond motifs is 1. The number of allylic oxidation sites excluding steroid dienone is 1. The van der Waals surface area contributed by atoms with Crippen molar-refractivity contribution in [2.45, 2.75) is 13.5 Å². The van der Waals surface area contributed by atoms with E-state index in [2.05, 4.69) is 86.7 Å². The van der Waals surface area contributed by atoms with Crippen molar-refractivity contribution in [2.75, 3.05) is 38.1 Å². The molecule has 5 rings (SSSR count). The Morgan fingerprint density at radius 2 is 1.91 bits per heavy atom. The van der Waals surface area contributed by atoms with Crippen molar-refractivity contribution >= 4 is 40.9 Å². The number of pyridine rings is 1. The molecule has 1 fully saturated rings. The molecule has 3 heterocycles. The zero-order chi connectivity index (χ0) is 24.2. The summed E-state index contributed by atoms with van der Waals surface area (Å²) in [6.45, 7) is 10.9. The molecule has 2 aromatic carbocycles. The zero-order valence-electron chi connectivity index (χ0n) is 20.3. The highest BCUT2D eigenvalue weighted by molar-refractivity contribution is 5.97. The molecule has 0 unspecified atom stereocenters. The SMILES string of the molecule is C=Nc1c(-c2ccnc3cc(CNC)ccc23)cnn1/C=C(\C)c1ccc(N2CCNCC2)cc1. The van der Waals surface area contributed by atoms with Crippen LogP contribution in [0.15, 0.2) is 65.9 Å². The largest absolute Gasteiger partial charge is 0.369 e. The molecule has 4 aromatic rings. The van der Waals surface area contributed by atoms with Crippen LogP contribution in [-0.2, 0) is 6.54 Å². The summed E-state index contributed by atoms with van der Waals surface area (Å²) in [5.41, 5.74) is 7.66. The average molecular weight is 466 g/mol. The van der Waals surface area contributed by atoms with Gasteiger partial charge in [0.25, 0.3) is 0 Å². The predicted octanol–water partition coefficient (Wildman–Crippen LogP) is 4.58. The number of aliphatic imine (C=N–C) groups is 1. The number of nitrogens with one attached hydrogen (secondary N) is 2. The van der Waals surface area contributed by atoms with Gasteiger partial charge in [0, 0.05) is 61.8 Å². The van der Waals surface area contributed by atoms with Gasteiger partial charge in [0.15, 0.2) is 5.82 Å². The molecule has 178 valence electrons. The molecule has 1 saturated heterocycles. The molecule has 1 aliphatic heterocycles. The fourth-order valence-corrected chi connectivity index (χ4v) is 4.66. The first-order valence-corrected chi connectivity index (χ1v) is 12.0. The van der Waals surface area contributed by atoms with E-state index in [-0.39, 0.29) is 0 Å². The molecule has 0 bridgehead atoms. The second kappa shape index (κ2) is 10.2. The highest BCUT2D eigenvalue weighted by atomic mass is 15.3. The van der Waals surface area contributed by atoms with Gasteiger partial charge < -0.3 is 15.5 Å². The van der Waals surface area contributed by atoms with E-state index in [0.717, 1.165) is 65.9 Å². The molecule has 7 heteroatoms. The number of nitrogens with zero attached hydrogens (tertiary/aromatic N) is 5. The third-order valence-electron chi connectivity index (χ3n) is 6.52. The van der Waals surface area contributed by atoms with Gasteiger partial charge in [-0.3, -0.25) is 4.98 Å². The molecule has 1 aliphatic rings. The van der Waals surface area contributed by atoms with Crippen LogP contribution in [0.1, 0.15) is 18.1 Å². The molecule has 0 spiro atoms. The topological polar surface area (TPSA) is 70.4 Å². The summed E-state index contributed by atoms with van der Waals surface area (Å²) in [4.78, 5) is 11.3. The van der Waals surface area contributed by atoms with E-state index in [1.807, 2.05) is 36.4 Å². The lowest BCUT2D eigenvalue weighted by atomic mass is 10.0. The Hall–Kier alpha value is -3.81. The van der Waals surface area contributed by atoms with Crippen molar-refractivity contribution in [3.63, 3.8) is 0 Å². The molecule has 35 heavy (non-hydrogen) atoms. The summed E-state index contributed by atoms with van der Waals surface area (Å²) in [7, 11) is 1.95. The van der Waals surface area contributed by atoms with Crippen LogP contribution in [0.25, 0.3) is 33.8 Å². The van der Waals surface area contributed by atoms with Crippen molar-refractivity contribution in [2.24, 2.45) is 4.99 Å². The highest BCUT2D eigenvalue weighted by Crippen LogP contribution is 2.35. The Kier molecular flexibility index (Phi) is 6.70. The van der Waals surface area contributed by atoms with Gasteiger partial charge in [0.1, 0.15) is 0 Å². The van der Waals surface area contributed by atoms with E-state index >= 15 is 0 Å². The fourth-order valence-electron chi connectivity index (χ4n) is 4.66. The molecule has 0 amide bonds. The molecule has 2 aromatic heterocycles. The van der Waals surface area contributed by atoms with E-state index in [1.54, 1.807) is 0 Å². The van der Waals surface area contributed by atoms with Crippen molar-refractivity contribution in [3.8, 4) is 11.1 Å². The first-order chi connectivity index (χ1) is 17.2. The molecule has 0 aliphatic carbocycles. The van der Waals surface area contributed by atoms with Crippen LogP contribution in [-0.4, -0.2) is 54.7 Å². The number of piperazine rings is 1. The highest BCUT2D eigenvalue weighted by Gasteiger charge is 2.15. The van der Waals surface area contributed by atoms with E-state index in [9.17, 15) is 0 Å². The lowest BCUT2D eigenvalue weighted by Gasteiger charge is -2.29. The van der Waals surface area contributed by atoms with Crippen molar-refractivity contribution < 1.29 is 0 Å². The minimum Gasteiger partial charge on any atom is -0.369 e. The molecule has 0 saturated carbocycles. The Labute approximate surface area is 206 Å². The summed E-state index contributed by atoms with van der Waals surface area (Å²) in [6, 6.07) is 17.1. The smallest absolute Gasteiger partial charge is 0.162 e. The number of aromatic nitrogens is 3. The minimum atomic E-state index is 0.716. The number of rotatable bonds is 7. The third-order valence-corrected chi connectivity index (χ3v) is 6.52. The van der Waals surface area contributed by atoms with Crippen LogP contribution in [0.3, 0.4) is 0 Å². The number of benzene rings is 2. The molecule has 0 atom stereocenters. The van der Waals surface area contributed by atoms with Crippen molar-refractivity contribution in [1.82, 2.24) is 25.4 Å². The first kappa shape index (κ1) is 23.0. The minimum absolute atomic E-state index is 0.716. The van der Waals surface area contributed by atoms with Crippen LogP contribution in [0.4, 0.5) is 11.5 Å². The number of anilines is 1. The van der Waals surface area contributed by atoms with Crippen molar-refractivity contribution in [3.05, 3.63) is 72.1 Å². The van der Waals surface area contributed by atoms with Crippen LogP contribution >= 0.6 is 0 Å². The van der Waals surface area contributed by atoms with Crippen LogP contribution in [0.2, 0.25) is 0 Å². The maximum Gasteiger partial charge on any atom is 0.162 e. The monoisotopic (exact) mass is 465 g/mol. The number of hydrogen-bond donors (Lipinski definition) is 2.